The molecule has 0 saturated carbocycles. The van der Waals surface area contributed by atoms with Gasteiger partial charge in [-0.25, -0.2) is 0 Å². The molecule has 3 nitrogen and oxygen atoms in total. The minimum Gasteiger partial charge on any atom is -0.394 e. The van der Waals surface area contributed by atoms with Crippen LogP contribution in [0.25, 0.3) is 0 Å². The fourth-order valence-electron chi connectivity index (χ4n) is 0.944. The molecule has 0 saturated heterocycles. The molecule has 0 amide bonds. The molecule has 0 radical (unpaired) electrons. The molecule has 0 aliphatic heterocycles. The van der Waals surface area contributed by atoms with Crippen molar-refractivity contribution in [2.75, 3.05) is 26.7 Å². The molecule has 0 aliphatic carbocycles. The first-order valence-corrected chi connectivity index (χ1v) is 4.95. The standard InChI is InChI=1S/C10H24N2O/c1-9(2)11-6-7-12(5)10(3,4)8-13/h9,11,13H,6-8H2,1-5H3. The first-order valence-electron chi connectivity index (χ1n) is 4.95. The zero-order valence-corrected chi connectivity index (χ0v) is 9.59. The Morgan fingerprint density at radius 3 is 2.31 bits per heavy atom. The van der Waals surface area contributed by atoms with Gasteiger partial charge in [0.15, 0.2) is 0 Å². The van der Waals surface area contributed by atoms with Gasteiger partial charge in [-0.05, 0) is 20.9 Å². The molecule has 0 heterocycles. The van der Waals surface area contributed by atoms with Gasteiger partial charge >= 0.3 is 0 Å². The van der Waals surface area contributed by atoms with Crippen molar-refractivity contribution < 1.29 is 5.11 Å². The molecule has 13 heavy (non-hydrogen) atoms. The van der Waals surface area contributed by atoms with Crippen LogP contribution in [0.4, 0.5) is 0 Å². The number of nitrogens with one attached hydrogen (secondary N) is 1. The van der Waals surface area contributed by atoms with E-state index in [9.17, 15) is 0 Å². The van der Waals surface area contributed by atoms with Crippen LogP contribution in [0.2, 0.25) is 0 Å². The molecule has 0 aromatic rings. The summed E-state index contributed by atoms with van der Waals surface area (Å²) < 4.78 is 0. The summed E-state index contributed by atoms with van der Waals surface area (Å²) in [4.78, 5) is 2.17. The third-order valence-corrected chi connectivity index (χ3v) is 2.42. The highest BCUT2D eigenvalue weighted by Crippen LogP contribution is 2.09. The lowest BCUT2D eigenvalue weighted by atomic mass is 10.1. The molecular formula is C10H24N2O. The summed E-state index contributed by atoms with van der Waals surface area (Å²) in [6.45, 7) is 10.5. The molecule has 0 spiro atoms. The van der Waals surface area contributed by atoms with Crippen LogP contribution in [0.1, 0.15) is 27.7 Å². The lowest BCUT2D eigenvalue weighted by Gasteiger charge is -2.34. The highest BCUT2D eigenvalue weighted by molar-refractivity contribution is 4.78. The van der Waals surface area contributed by atoms with Crippen molar-refractivity contribution in [2.24, 2.45) is 0 Å². The maximum Gasteiger partial charge on any atom is 0.0609 e. The highest BCUT2D eigenvalue weighted by atomic mass is 16.3. The molecule has 0 bridgehead atoms. The van der Waals surface area contributed by atoms with Gasteiger partial charge in [0.05, 0.1) is 6.61 Å². The Balaban J connectivity index is 3.68. The van der Waals surface area contributed by atoms with Crippen LogP contribution in [-0.4, -0.2) is 48.3 Å². The summed E-state index contributed by atoms with van der Waals surface area (Å²) in [5.74, 6) is 0. The summed E-state index contributed by atoms with van der Waals surface area (Å²) in [7, 11) is 2.04. The number of aliphatic hydroxyl groups is 1. The summed E-state index contributed by atoms with van der Waals surface area (Å²) in [6, 6.07) is 0.533. The summed E-state index contributed by atoms with van der Waals surface area (Å²) in [6.07, 6.45) is 0. The quantitative estimate of drug-likeness (QED) is 0.643. The van der Waals surface area contributed by atoms with Crippen LogP contribution < -0.4 is 5.32 Å². The van der Waals surface area contributed by atoms with Crippen LogP contribution in [-0.2, 0) is 0 Å². The first kappa shape index (κ1) is 12.9. The molecule has 0 aromatic carbocycles. The van der Waals surface area contributed by atoms with E-state index in [1.165, 1.54) is 0 Å². The zero-order chi connectivity index (χ0) is 10.5. The van der Waals surface area contributed by atoms with Crippen molar-refractivity contribution in [3.8, 4) is 0 Å². The Labute approximate surface area is 82.1 Å². The van der Waals surface area contributed by atoms with Crippen molar-refractivity contribution in [2.45, 2.75) is 39.3 Å². The first-order chi connectivity index (χ1) is 5.90. The summed E-state index contributed by atoms with van der Waals surface area (Å²) >= 11 is 0. The molecule has 0 rings (SSSR count). The minimum absolute atomic E-state index is 0.112. The van der Waals surface area contributed by atoms with Gasteiger partial charge in [0.1, 0.15) is 0 Å². The van der Waals surface area contributed by atoms with Crippen LogP contribution in [0.5, 0.6) is 0 Å². The third kappa shape index (κ3) is 5.24. The summed E-state index contributed by atoms with van der Waals surface area (Å²) in [5.41, 5.74) is -0.112. The molecular weight excluding hydrogens is 164 g/mol. The van der Waals surface area contributed by atoms with Crippen molar-refractivity contribution in [3.05, 3.63) is 0 Å². The number of rotatable bonds is 6. The van der Waals surface area contributed by atoms with Gasteiger partial charge in [-0.3, -0.25) is 4.90 Å². The smallest absolute Gasteiger partial charge is 0.0609 e. The summed E-state index contributed by atoms with van der Waals surface area (Å²) in [5, 5.41) is 12.5. The van der Waals surface area contributed by atoms with E-state index in [1.54, 1.807) is 0 Å². The van der Waals surface area contributed by atoms with Crippen molar-refractivity contribution in [3.63, 3.8) is 0 Å². The second-order valence-corrected chi connectivity index (χ2v) is 4.50. The van der Waals surface area contributed by atoms with Crippen molar-refractivity contribution in [1.29, 1.82) is 0 Å². The van der Waals surface area contributed by atoms with E-state index in [1.807, 2.05) is 20.9 Å². The van der Waals surface area contributed by atoms with Crippen LogP contribution in [0.3, 0.4) is 0 Å². The molecule has 0 aliphatic rings. The number of hydrogen-bond acceptors (Lipinski definition) is 3. The van der Waals surface area contributed by atoms with E-state index in [2.05, 4.69) is 24.1 Å². The average Bonchev–Trinajstić information content (AvgIpc) is 2.03. The van der Waals surface area contributed by atoms with Gasteiger partial charge in [-0.2, -0.15) is 0 Å². The Morgan fingerprint density at radius 2 is 1.92 bits per heavy atom. The Hall–Kier alpha value is -0.120. The van der Waals surface area contributed by atoms with Gasteiger partial charge in [0.2, 0.25) is 0 Å². The van der Waals surface area contributed by atoms with E-state index < -0.39 is 0 Å². The van der Waals surface area contributed by atoms with Gasteiger partial charge in [-0.1, -0.05) is 13.8 Å². The van der Waals surface area contributed by atoms with E-state index in [0.29, 0.717) is 6.04 Å². The van der Waals surface area contributed by atoms with Gasteiger partial charge in [0.25, 0.3) is 0 Å². The van der Waals surface area contributed by atoms with Crippen LogP contribution in [0.15, 0.2) is 0 Å². The monoisotopic (exact) mass is 188 g/mol. The molecule has 80 valence electrons. The van der Waals surface area contributed by atoms with Crippen molar-refractivity contribution in [1.82, 2.24) is 10.2 Å². The number of nitrogens with zero attached hydrogens (tertiary/aromatic N) is 1. The second-order valence-electron chi connectivity index (χ2n) is 4.50. The SMILES string of the molecule is CC(C)NCCN(C)C(C)(C)CO. The maximum absolute atomic E-state index is 9.11. The van der Waals surface area contributed by atoms with Crippen LogP contribution in [0, 0.1) is 0 Å². The third-order valence-electron chi connectivity index (χ3n) is 2.42. The Bertz CT molecular complexity index is 135. The molecule has 3 heteroatoms. The minimum atomic E-state index is -0.112. The van der Waals surface area contributed by atoms with E-state index >= 15 is 0 Å². The molecule has 0 atom stereocenters. The number of hydrogen-bond donors (Lipinski definition) is 2. The molecule has 0 fully saturated rings. The van der Waals surface area contributed by atoms with Crippen LogP contribution >= 0.6 is 0 Å². The largest absolute Gasteiger partial charge is 0.394 e. The normalized spacial score (nSPS) is 12.9. The van der Waals surface area contributed by atoms with Gasteiger partial charge < -0.3 is 10.4 Å². The van der Waals surface area contributed by atoms with Gasteiger partial charge in [0, 0.05) is 24.7 Å². The van der Waals surface area contributed by atoms with Gasteiger partial charge in [-0.15, -0.1) is 0 Å². The molecule has 0 unspecified atom stereocenters. The highest BCUT2D eigenvalue weighted by Gasteiger charge is 2.21. The predicted octanol–water partition coefficient (Wildman–Crippen LogP) is 0.687. The topological polar surface area (TPSA) is 35.5 Å². The zero-order valence-electron chi connectivity index (χ0n) is 9.59. The Kier molecular flexibility index (Phi) is 5.53. The van der Waals surface area contributed by atoms with E-state index in [-0.39, 0.29) is 12.1 Å². The van der Waals surface area contributed by atoms with E-state index in [4.69, 9.17) is 5.11 Å². The average molecular weight is 188 g/mol. The Morgan fingerprint density at radius 1 is 1.38 bits per heavy atom. The predicted molar refractivity (Wildman–Crippen MR) is 56.9 cm³/mol. The fourth-order valence-corrected chi connectivity index (χ4v) is 0.944. The lowest BCUT2D eigenvalue weighted by Crippen LogP contribution is -2.47. The second kappa shape index (κ2) is 5.58. The maximum atomic E-state index is 9.11. The molecule has 0 aromatic heterocycles. The molecule has 2 N–H and O–H groups in total. The lowest BCUT2D eigenvalue weighted by molar-refractivity contribution is 0.0795. The van der Waals surface area contributed by atoms with E-state index in [0.717, 1.165) is 13.1 Å². The number of likely N-dealkylation sites (N-methyl/N-ethyl adjacent to an activating group) is 1. The van der Waals surface area contributed by atoms with Crippen molar-refractivity contribution >= 4 is 0 Å². The fraction of sp³-hybridized carbons (Fsp3) is 1.00. The number of aliphatic hydroxyl groups excluding tert-OH is 1.